The molecule has 0 unspecified atom stereocenters. The Labute approximate surface area is 114 Å². The minimum atomic E-state index is 0.238. The van der Waals surface area contributed by atoms with E-state index in [0.29, 0.717) is 17.3 Å². The first-order valence-electron chi connectivity index (χ1n) is 5.49. The number of hydrogen-bond donors (Lipinski definition) is 1. The molecule has 0 fully saturated rings. The van der Waals surface area contributed by atoms with Crippen molar-refractivity contribution in [1.29, 1.82) is 0 Å². The van der Waals surface area contributed by atoms with Crippen LogP contribution in [0.3, 0.4) is 0 Å². The minimum absolute atomic E-state index is 0.238. The molecule has 0 atom stereocenters. The largest absolute Gasteiger partial charge is 0.490 e. The number of aromatic nitrogens is 2. The first-order chi connectivity index (χ1) is 9.28. The van der Waals surface area contributed by atoms with E-state index in [1.54, 1.807) is 0 Å². The number of nitrogens with one attached hydrogen (secondary N) is 1. The standard InChI is InChI=1S/C12H10ClN3O3/c1-17-10-11(13)14-5-15-12(10)16-7-2-3-8-9(4-7)19-6-18-8/h2-5H,6H2,1H3,(H,14,15,16). The Bertz CT molecular complexity index is 621. The van der Waals surface area contributed by atoms with E-state index in [2.05, 4.69) is 15.3 Å². The number of rotatable bonds is 3. The van der Waals surface area contributed by atoms with Gasteiger partial charge in [-0.1, -0.05) is 11.6 Å². The van der Waals surface area contributed by atoms with Crippen LogP contribution in [-0.2, 0) is 0 Å². The Balaban J connectivity index is 1.91. The maximum atomic E-state index is 5.93. The molecule has 19 heavy (non-hydrogen) atoms. The second-order valence-electron chi connectivity index (χ2n) is 3.74. The van der Waals surface area contributed by atoms with Crippen molar-refractivity contribution in [3.05, 3.63) is 29.7 Å². The molecular weight excluding hydrogens is 270 g/mol. The number of fused-ring (bicyclic) bond motifs is 1. The molecule has 1 aliphatic heterocycles. The lowest BCUT2D eigenvalue weighted by molar-refractivity contribution is 0.174. The summed E-state index contributed by atoms with van der Waals surface area (Å²) < 4.78 is 15.7. The average molecular weight is 280 g/mol. The van der Waals surface area contributed by atoms with Crippen molar-refractivity contribution in [2.24, 2.45) is 0 Å². The second-order valence-corrected chi connectivity index (χ2v) is 4.10. The third-order valence-corrected chi connectivity index (χ3v) is 2.87. The molecule has 0 radical (unpaired) electrons. The monoisotopic (exact) mass is 279 g/mol. The molecule has 2 aromatic rings. The Morgan fingerprint density at radius 2 is 2.11 bits per heavy atom. The van der Waals surface area contributed by atoms with Gasteiger partial charge in [0.1, 0.15) is 6.33 Å². The van der Waals surface area contributed by atoms with E-state index in [4.69, 9.17) is 25.8 Å². The first kappa shape index (κ1) is 11.9. The maximum absolute atomic E-state index is 5.93. The molecule has 0 amide bonds. The van der Waals surface area contributed by atoms with Gasteiger partial charge in [0.2, 0.25) is 6.79 Å². The van der Waals surface area contributed by atoms with E-state index in [9.17, 15) is 0 Å². The molecule has 1 N–H and O–H groups in total. The molecule has 1 aliphatic rings. The smallest absolute Gasteiger partial charge is 0.231 e. The summed E-state index contributed by atoms with van der Waals surface area (Å²) in [6.07, 6.45) is 1.36. The molecule has 0 spiro atoms. The van der Waals surface area contributed by atoms with E-state index in [1.165, 1.54) is 13.4 Å². The fourth-order valence-electron chi connectivity index (χ4n) is 1.73. The first-order valence-corrected chi connectivity index (χ1v) is 5.87. The van der Waals surface area contributed by atoms with Gasteiger partial charge in [-0.25, -0.2) is 9.97 Å². The lowest BCUT2D eigenvalue weighted by atomic mass is 10.3. The highest BCUT2D eigenvalue weighted by Gasteiger charge is 2.15. The third kappa shape index (κ3) is 2.22. The predicted octanol–water partition coefficient (Wildman–Crippen LogP) is 2.61. The van der Waals surface area contributed by atoms with E-state index in [-0.39, 0.29) is 11.9 Å². The lowest BCUT2D eigenvalue weighted by Gasteiger charge is -2.10. The molecule has 0 aliphatic carbocycles. The number of methoxy groups -OCH3 is 1. The van der Waals surface area contributed by atoms with Crippen molar-refractivity contribution in [2.75, 3.05) is 19.2 Å². The molecule has 2 heterocycles. The van der Waals surface area contributed by atoms with Crippen LogP contribution in [0.15, 0.2) is 24.5 Å². The third-order valence-electron chi connectivity index (χ3n) is 2.60. The normalized spacial score (nSPS) is 12.3. The molecule has 6 nitrogen and oxygen atoms in total. The van der Waals surface area contributed by atoms with Crippen molar-refractivity contribution in [2.45, 2.75) is 0 Å². The zero-order valence-corrected chi connectivity index (χ0v) is 10.8. The number of hydrogen-bond acceptors (Lipinski definition) is 6. The van der Waals surface area contributed by atoms with Gasteiger partial charge in [-0.2, -0.15) is 0 Å². The van der Waals surface area contributed by atoms with Gasteiger partial charge >= 0.3 is 0 Å². The van der Waals surface area contributed by atoms with Crippen LogP contribution < -0.4 is 19.5 Å². The van der Waals surface area contributed by atoms with Gasteiger partial charge in [0.05, 0.1) is 7.11 Å². The summed E-state index contributed by atoms with van der Waals surface area (Å²) >= 11 is 5.93. The fourth-order valence-corrected chi connectivity index (χ4v) is 1.94. The summed E-state index contributed by atoms with van der Waals surface area (Å²) in [6, 6.07) is 5.49. The summed E-state index contributed by atoms with van der Waals surface area (Å²) in [7, 11) is 1.51. The quantitative estimate of drug-likeness (QED) is 0.871. The fraction of sp³-hybridized carbons (Fsp3) is 0.167. The Morgan fingerprint density at radius 3 is 2.95 bits per heavy atom. The maximum Gasteiger partial charge on any atom is 0.231 e. The molecule has 0 saturated heterocycles. The molecular formula is C12H10ClN3O3. The van der Waals surface area contributed by atoms with E-state index in [1.807, 2.05) is 18.2 Å². The summed E-state index contributed by atoms with van der Waals surface area (Å²) in [5, 5.41) is 3.35. The number of halogens is 1. The molecule has 1 aromatic heterocycles. The van der Waals surface area contributed by atoms with Gasteiger partial charge in [0.25, 0.3) is 0 Å². The highest BCUT2D eigenvalue weighted by molar-refractivity contribution is 6.31. The molecule has 0 saturated carbocycles. The zero-order chi connectivity index (χ0) is 13.2. The van der Waals surface area contributed by atoms with Crippen LogP contribution in [0.2, 0.25) is 5.15 Å². The summed E-state index contributed by atoms with van der Waals surface area (Å²) in [5.74, 6) is 2.28. The van der Waals surface area contributed by atoms with E-state index >= 15 is 0 Å². The van der Waals surface area contributed by atoms with Crippen LogP contribution >= 0.6 is 11.6 Å². The van der Waals surface area contributed by atoms with Gasteiger partial charge in [-0.05, 0) is 12.1 Å². The van der Waals surface area contributed by atoms with Crippen LogP contribution in [0.25, 0.3) is 0 Å². The van der Waals surface area contributed by atoms with Crippen LogP contribution in [-0.4, -0.2) is 23.9 Å². The molecule has 7 heteroatoms. The van der Waals surface area contributed by atoms with Crippen molar-refractivity contribution >= 4 is 23.1 Å². The second kappa shape index (κ2) is 4.81. The topological polar surface area (TPSA) is 65.5 Å². The number of nitrogens with zero attached hydrogens (tertiary/aromatic N) is 2. The Kier molecular flexibility index (Phi) is 3.00. The summed E-state index contributed by atoms with van der Waals surface area (Å²) in [5.41, 5.74) is 0.789. The van der Waals surface area contributed by atoms with Crippen molar-refractivity contribution in [3.8, 4) is 17.2 Å². The van der Waals surface area contributed by atoms with Crippen LogP contribution in [0.1, 0.15) is 0 Å². The zero-order valence-electron chi connectivity index (χ0n) is 10.0. The van der Waals surface area contributed by atoms with Crippen LogP contribution in [0.5, 0.6) is 17.2 Å². The minimum Gasteiger partial charge on any atom is -0.490 e. The predicted molar refractivity (Wildman–Crippen MR) is 69.4 cm³/mol. The highest BCUT2D eigenvalue weighted by atomic mass is 35.5. The van der Waals surface area contributed by atoms with Gasteiger partial charge in [0, 0.05) is 11.8 Å². The molecule has 0 bridgehead atoms. The van der Waals surface area contributed by atoms with E-state index in [0.717, 1.165) is 11.4 Å². The number of anilines is 2. The highest BCUT2D eigenvalue weighted by Crippen LogP contribution is 2.36. The average Bonchev–Trinajstić information content (AvgIpc) is 2.86. The van der Waals surface area contributed by atoms with Gasteiger partial charge in [-0.15, -0.1) is 0 Å². The SMILES string of the molecule is COc1c(Cl)ncnc1Nc1ccc2c(c1)OCO2. The van der Waals surface area contributed by atoms with Crippen molar-refractivity contribution in [1.82, 2.24) is 9.97 Å². The van der Waals surface area contributed by atoms with Gasteiger partial charge < -0.3 is 19.5 Å². The summed E-state index contributed by atoms with van der Waals surface area (Å²) in [6.45, 7) is 0.238. The Morgan fingerprint density at radius 1 is 1.26 bits per heavy atom. The van der Waals surface area contributed by atoms with Crippen LogP contribution in [0, 0.1) is 0 Å². The van der Waals surface area contributed by atoms with Crippen molar-refractivity contribution < 1.29 is 14.2 Å². The Hall–Kier alpha value is -2.21. The van der Waals surface area contributed by atoms with Crippen molar-refractivity contribution in [3.63, 3.8) is 0 Å². The van der Waals surface area contributed by atoms with E-state index < -0.39 is 0 Å². The summed E-state index contributed by atoms with van der Waals surface area (Å²) in [4.78, 5) is 7.95. The lowest BCUT2D eigenvalue weighted by Crippen LogP contribution is -1.99. The van der Waals surface area contributed by atoms with Gasteiger partial charge in [-0.3, -0.25) is 0 Å². The van der Waals surface area contributed by atoms with Gasteiger partial charge in [0.15, 0.2) is 28.2 Å². The molecule has 1 aromatic carbocycles. The van der Waals surface area contributed by atoms with Crippen LogP contribution in [0.4, 0.5) is 11.5 Å². The molecule has 98 valence electrons. The number of benzene rings is 1. The number of ether oxygens (including phenoxy) is 3. The molecule has 3 rings (SSSR count).